The summed E-state index contributed by atoms with van der Waals surface area (Å²) in [6.07, 6.45) is 0. The van der Waals surface area contributed by atoms with Crippen LogP contribution in [0, 0.1) is 0 Å². The summed E-state index contributed by atoms with van der Waals surface area (Å²) in [5.41, 5.74) is 0. The minimum Gasteiger partial charge on any atom is -0.122 e. The lowest BCUT2D eigenvalue weighted by Gasteiger charge is -2.21. The number of fused-ring (bicyclic) bond motifs is 6. The molecule has 0 saturated carbocycles. The Labute approximate surface area is 281 Å². The van der Waals surface area contributed by atoms with Crippen LogP contribution in [-0.4, -0.2) is 31.5 Å². The van der Waals surface area contributed by atoms with Crippen molar-refractivity contribution in [1.29, 1.82) is 0 Å². The second-order valence-electron chi connectivity index (χ2n) is 12.5. The molecule has 0 bridgehead atoms. The Kier molecular flexibility index (Phi) is 12.3. The van der Waals surface area contributed by atoms with Gasteiger partial charge in [0.2, 0.25) is 0 Å². The number of rotatable bonds is 12. The maximum absolute atomic E-state index is 2.53. The molecule has 0 N–H and O–H groups in total. The normalized spacial score (nSPS) is 12.7. The minimum atomic E-state index is 0.534. The fraction of sp³-hybridized carbons (Fsp3) is 0.500. The maximum Gasteiger partial charge on any atom is 0.0217 e. The average Bonchev–Trinajstić information content (AvgIpc) is 2.84. The molecule has 0 fully saturated rings. The smallest absolute Gasteiger partial charge is 0.0217 e. The molecule has 0 aliphatic heterocycles. The lowest BCUT2D eigenvalue weighted by molar-refractivity contribution is 1.08. The van der Waals surface area contributed by atoms with E-state index < -0.39 is 0 Å². The van der Waals surface area contributed by atoms with Crippen molar-refractivity contribution in [1.82, 2.24) is 0 Å². The molecule has 0 radical (unpaired) electrons. The first-order valence-corrected chi connectivity index (χ1v) is 20.6. The molecule has 0 nitrogen and oxygen atoms in total. The molecular formula is C36H48S6. The van der Waals surface area contributed by atoms with Gasteiger partial charge in [-0.15, -0.1) is 70.6 Å². The van der Waals surface area contributed by atoms with E-state index in [1.807, 2.05) is 70.6 Å². The van der Waals surface area contributed by atoms with Crippen LogP contribution in [0.25, 0.3) is 32.3 Å². The van der Waals surface area contributed by atoms with Gasteiger partial charge >= 0.3 is 0 Å². The van der Waals surface area contributed by atoms with Crippen LogP contribution in [0.2, 0.25) is 0 Å². The van der Waals surface area contributed by atoms with Crippen molar-refractivity contribution < 1.29 is 0 Å². The molecule has 0 heterocycles. The molecule has 228 valence electrons. The first kappa shape index (κ1) is 34.6. The van der Waals surface area contributed by atoms with E-state index in [9.17, 15) is 0 Å². The summed E-state index contributed by atoms with van der Waals surface area (Å²) < 4.78 is 0. The highest BCUT2D eigenvalue weighted by atomic mass is 32.2. The first-order valence-electron chi connectivity index (χ1n) is 15.3. The van der Waals surface area contributed by atoms with E-state index >= 15 is 0 Å². The molecule has 0 spiro atoms. The lowest BCUT2D eigenvalue weighted by Crippen LogP contribution is -1.97. The molecular weight excluding hydrogens is 625 g/mol. The fourth-order valence-corrected chi connectivity index (χ4v) is 11.2. The van der Waals surface area contributed by atoms with Crippen LogP contribution < -0.4 is 0 Å². The molecule has 0 unspecified atom stereocenters. The van der Waals surface area contributed by atoms with E-state index in [0.717, 1.165) is 0 Å². The van der Waals surface area contributed by atoms with Crippen LogP contribution in [-0.2, 0) is 0 Å². The fourth-order valence-electron chi connectivity index (χ4n) is 5.09. The van der Waals surface area contributed by atoms with E-state index in [4.69, 9.17) is 0 Å². The third-order valence-electron chi connectivity index (χ3n) is 6.30. The number of hydrogen-bond donors (Lipinski definition) is 0. The van der Waals surface area contributed by atoms with E-state index in [2.05, 4.69) is 119 Å². The molecule has 0 saturated heterocycles. The molecule has 6 heteroatoms. The standard InChI is InChI=1S/C36H48S6/c1-19(2)37-31-13-25-26(14-32(31)38-20(3)4)28-16-34(40-22(7)8)36(42-24(11)12)18-30(28)29-17-35(41-23(9)10)33(15-27(25)29)39-21(5)6/h13-24H,1-12H3. The molecule has 0 aliphatic rings. The van der Waals surface area contributed by atoms with Crippen LogP contribution in [0.15, 0.2) is 65.8 Å². The van der Waals surface area contributed by atoms with Gasteiger partial charge < -0.3 is 0 Å². The van der Waals surface area contributed by atoms with Gasteiger partial charge in [0, 0.05) is 60.9 Å². The second-order valence-corrected chi connectivity index (χ2v) is 22.2. The van der Waals surface area contributed by atoms with Crippen molar-refractivity contribution in [2.75, 3.05) is 0 Å². The molecule has 0 aliphatic carbocycles. The average molecular weight is 673 g/mol. The summed E-state index contributed by atoms with van der Waals surface area (Å²) in [4.78, 5) is 8.50. The van der Waals surface area contributed by atoms with Crippen molar-refractivity contribution in [3.63, 3.8) is 0 Å². The van der Waals surface area contributed by atoms with Crippen LogP contribution in [0.5, 0.6) is 0 Å². The highest BCUT2D eigenvalue weighted by Gasteiger charge is 2.20. The van der Waals surface area contributed by atoms with Crippen molar-refractivity contribution in [3.8, 4) is 0 Å². The number of thioether (sulfide) groups is 6. The molecule has 4 aromatic rings. The van der Waals surface area contributed by atoms with Gasteiger partial charge in [-0.05, 0) is 68.7 Å². The zero-order valence-electron chi connectivity index (χ0n) is 27.4. The van der Waals surface area contributed by atoms with Gasteiger partial charge in [-0.25, -0.2) is 0 Å². The van der Waals surface area contributed by atoms with E-state index in [1.54, 1.807) is 0 Å². The SMILES string of the molecule is CC(C)Sc1cc2c3cc(SC(C)C)c(SC(C)C)cc3c3cc(SC(C)C)c(SC(C)C)cc3c2cc1SC(C)C. The van der Waals surface area contributed by atoms with Gasteiger partial charge in [0.25, 0.3) is 0 Å². The Bertz CT molecular complexity index is 1220. The molecule has 0 aromatic heterocycles. The van der Waals surface area contributed by atoms with Gasteiger partial charge in [-0.3, -0.25) is 0 Å². The number of hydrogen-bond acceptors (Lipinski definition) is 6. The van der Waals surface area contributed by atoms with Gasteiger partial charge in [0.15, 0.2) is 0 Å². The van der Waals surface area contributed by atoms with Gasteiger partial charge in [-0.1, -0.05) is 83.1 Å². The highest BCUT2D eigenvalue weighted by molar-refractivity contribution is 8.03. The summed E-state index contributed by atoms with van der Waals surface area (Å²) in [7, 11) is 0. The monoisotopic (exact) mass is 672 g/mol. The Hall–Kier alpha value is -0.240. The van der Waals surface area contributed by atoms with Crippen LogP contribution in [0.3, 0.4) is 0 Å². The summed E-state index contributed by atoms with van der Waals surface area (Å²) >= 11 is 12.0. The Morgan fingerprint density at radius 3 is 0.476 bits per heavy atom. The van der Waals surface area contributed by atoms with Gasteiger partial charge in [0.05, 0.1) is 0 Å². The van der Waals surface area contributed by atoms with Crippen LogP contribution >= 0.6 is 70.6 Å². The predicted molar refractivity (Wildman–Crippen MR) is 205 cm³/mol. The van der Waals surface area contributed by atoms with Crippen molar-refractivity contribution in [2.24, 2.45) is 0 Å². The quantitative estimate of drug-likeness (QED) is 0.108. The van der Waals surface area contributed by atoms with E-state index in [1.165, 1.54) is 61.7 Å². The molecule has 42 heavy (non-hydrogen) atoms. The first-order chi connectivity index (χ1) is 19.7. The Morgan fingerprint density at radius 1 is 0.262 bits per heavy atom. The second kappa shape index (κ2) is 14.9. The predicted octanol–water partition coefficient (Wildman–Crippen LogP) is 14.1. The third kappa shape index (κ3) is 8.51. The summed E-state index contributed by atoms with van der Waals surface area (Å²) in [5, 5.41) is 11.6. The largest absolute Gasteiger partial charge is 0.122 e. The Balaban J connectivity index is 2.22. The number of benzene rings is 4. The maximum atomic E-state index is 2.53. The van der Waals surface area contributed by atoms with Crippen molar-refractivity contribution >= 4 is 103 Å². The summed E-state index contributed by atoms with van der Waals surface area (Å²) in [5.74, 6) is 0. The molecule has 0 atom stereocenters. The van der Waals surface area contributed by atoms with Crippen LogP contribution in [0.4, 0.5) is 0 Å². The van der Waals surface area contributed by atoms with Gasteiger partial charge in [-0.2, -0.15) is 0 Å². The minimum absolute atomic E-state index is 0.534. The summed E-state index contributed by atoms with van der Waals surface area (Å²) in [6.45, 7) is 27.8. The van der Waals surface area contributed by atoms with E-state index in [0.29, 0.717) is 31.5 Å². The zero-order valence-corrected chi connectivity index (χ0v) is 32.3. The zero-order chi connectivity index (χ0) is 30.9. The molecule has 0 amide bonds. The summed E-state index contributed by atoms with van der Waals surface area (Å²) in [6, 6.07) is 15.2. The third-order valence-corrected chi connectivity index (χ3v) is 13.1. The highest BCUT2D eigenvalue weighted by Crippen LogP contribution is 2.48. The van der Waals surface area contributed by atoms with Crippen molar-refractivity contribution in [2.45, 2.75) is 144 Å². The Morgan fingerprint density at radius 2 is 0.381 bits per heavy atom. The van der Waals surface area contributed by atoms with Crippen LogP contribution in [0.1, 0.15) is 83.1 Å². The van der Waals surface area contributed by atoms with E-state index in [-0.39, 0.29) is 0 Å². The topological polar surface area (TPSA) is 0 Å². The van der Waals surface area contributed by atoms with Gasteiger partial charge in [0.1, 0.15) is 0 Å². The molecule has 4 rings (SSSR count). The molecule has 4 aromatic carbocycles. The van der Waals surface area contributed by atoms with Crippen molar-refractivity contribution in [3.05, 3.63) is 36.4 Å². The lowest BCUT2D eigenvalue weighted by atomic mass is 9.94.